The van der Waals surface area contributed by atoms with Gasteiger partial charge in [-0.15, -0.1) is 12.4 Å². The van der Waals surface area contributed by atoms with Crippen LogP contribution in [0.4, 0.5) is 4.79 Å². The van der Waals surface area contributed by atoms with E-state index in [1.54, 1.807) is 17.0 Å². The molecular weight excluding hydrogens is 383 g/mol. The molecule has 0 bridgehead atoms. The Hall–Kier alpha value is -2.16. The maximum absolute atomic E-state index is 12.7. The Kier molecular flexibility index (Phi) is 6.22. The topological polar surface area (TPSA) is 90.0 Å². The number of hydrogen-bond donors (Lipinski definition) is 1. The molecular formula is C16H18Cl2N4O4. The lowest BCUT2D eigenvalue weighted by molar-refractivity contribution is -0.145. The van der Waals surface area contributed by atoms with Gasteiger partial charge >= 0.3 is 17.8 Å². The molecule has 2 fully saturated rings. The molecule has 2 heterocycles. The van der Waals surface area contributed by atoms with E-state index in [-0.39, 0.29) is 18.4 Å². The van der Waals surface area contributed by atoms with Crippen molar-refractivity contribution in [2.24, 2.45) is 0 Å². The lowest BCUT2D eigenvalue weighted by atomic mass is 10.0. The molecule has 1 aromatic rings. The molecule has 1 N–H and O–H groups in total. The van der Waals surface area contributed by atoms with Gasteiger partial charge in [-0.1, -0.05) is 29.8 Å². The molecule has 2 aliphatic heterocycles. The quantitative estimate of drug-likeness (QED) is 0.594. The average Bonchev–Trinajstić information content (AvgIpc) is 2.80. The third-order valence-corrected chi connectivity index (χ3v) is 4.72. The number of likely N-dealkylation sites (N-methyl/N-ethyl adjacent to an activating group) is 1. The third-order valence-electron chi connectivity index (χ3n) is 4.37. The second-order valence-corrected chi connectivity index (χ2v) is 6.27. The number of rotatable bonds is 3. The molecule has 140 valence electrons. The Morgan fingerprint density at radius 1 is 1.23 bits per heavy atom. The van der Waals surface area contributed by atoms with Crippen molar-refractivity contribution in [3.63, 3.8) is 0 Å². The fourth-order valence-corrected chi connectivity index (χ4v) is 3.27. The molecule has 8 nitrogen and oxygen atoms in total. The van der Waals surface area contributed by atoms with Crippen molar-refractivity contribution < 1.29 is 19.2 Å². The second-order valence-electron chi connectivity index (χ2n) is 5.87. The van der Waals surface area contributed by atoms with Crippen LogP contribution in [0, 0.1) is 0 Å². The molecule has 0 saturated carbocycles. The summed E-state index contributed by atoms with van der Waals surface area (Å²) in [5, 5.41) is 3.75. The highest BCUT2D eigenvalue weighted by Crippen LogP contribution is 2.28. The first-order valence-corrected chi connectivity index (χ1v) is 8.17. The monoisotopic (exact) mass is 400 g/mol. The van der Waals surface area contributed by atoms with Gasteiger partial charge in [-0.05, 0) is 11.6 Å². The molecule has 1 atom stereocenters. The molecule has 10 heteroatoms. The summed E-state index contributed by atoms with van der Waals surface area (Å²) in [5.74, 6) is -2.32. The van der Waals surface area contributed by atoms with Crippen molar-refractivity contribution >= 4 is 47.8 Å². The number of halogens is 2. The van der Waals surface area contributed by atoms with E-state index >= 15 is 0 Å². The first-order valence-electron chi connectivity index (χ1n) is 7.80. The number of benzene rings is 1. The fraction of sp³-hybridized carbons (Fsp3) is 0.375. The number of imide groups is 2. The molecule has 2 saturated heterocycles. The molecule has 26 heavy (non-hydrogen) atoms. The Morgan fingerprint density at radius 2 is 1.92 bits per heavy atom. The van der Waals surface area contributed by atoms with Crippen LogP contribution in [0.15, 0.2) is 24.3 Å². The number of nitrogens with one attached hydrogen (secondary N) is 1. The van der Waals surface area contributed by atoms with Crippen LogP contribution >= 0.6 is 24.0 Å². The summed E-state index contributed by atoms with van der Waals surface area (Å²) in [6.45, 7) is 1.05. The normalized spacial score (nSPS) is 20.5. The molecule has 0 radical (unpaired) electrons. The van der Waals surface area contributed by atoms with Gasteiger partial charge in [0.05, 0.1) is 6.04 Å². The average molecular weight is 401 g/mol. The summed E-state index contributed by atoms with van der Waals surface area (Å²) in [7, 11) is 1.21. The van der Waals surface area contributed by atoms with Crippen LogP contribution in [0.2, 0.25) is 5.02 Å². The minimum atomic E-state index is -0.981. The number of nitrogens with zero attached hydrogens (tertiary/aromatic N) is 3. The van der Waals surface area contributed by atoms with E-state index in [9.17, 15) is 19.2 Å². The molecule has 0 spiro atoms. The van der Waals surface area contributed by atoms with Gasteiger partial charge in [-0.25, -0.2) is 9.69 Å². The minimum Gasteiger partial charge on any atom is -0.331 e. The van der Waals surface area contributed by atoms with Crippen molar-refractivity contribution in [1.82, 2.24) is 20.0 Å². The molecule has 1 aromatic carbocycles. The highest BCUT2D eigenvalue weighted by molar-refractivity contribution is 6.44. The summed E-state index contributed by atoms with van der Waals surface area (Å²) >= 11 is 6.25. The van der Waals surface area contributed by atoms with Crippen molar-refractivity contribution in [3.05, 3.63) is 34.9 Å². The minimum absolute atomic E-state index is 0. The van der Waals surface area contributed by atoms with E-state index in [0.717, 1.165) is 5.56 Å². The number of carbonyl (C=O) groups is 4. The smallest absolute Gasteiger partial charge is 0.331 e. The summed E-state index contributed by atoms with van der Waals surface area (Å²) in [6, 6.07) is 6.12. The van der Waals surface area contributed by atoms with Gasteiger partial charge in [-0.3, -0.25) is 19.3 Å². The number of piperazine rings is 1. The second kappa shape index (κ2) is 8.03. The van der Waals surface area contributed by atoms with Crippen LogP contribution in [0.5, 0.6) is 0 Å². The van der Waals surface area contributed by atoms with E-state index < -0.39 is 30.3 Å². The van der Waals surface area contributed by atoms with Crippen LogP contribution in [0.1, 0.15) is 11.6 Å². The van der Waals surface area contributed by atoms with Crippen LogP contribution in [0.3, 0.4) is 0 Å². The first kappa shape index (κ1) is 20.2. The zero-order chi connectivity index (χ0) is 18.1. The van der Waals surface area contributed by atoms with Crippen LogP contribution < -0.4 is 5.32 Å². The first-order chi connectivity index (χ1) is 11.9. The lowest BCUT2D eigenvalue weighted by Crippen LogP contribution is -2.52. The molecule has 2 aliphatic rings. The van der Waals surface area contributed by atoms with Crippen LogP contribution in [-0.2, 0) is 14.4 Å². The van der Waals surface area contributed by atoms with Crippen LogP contribution in [0.25, 0.3) is 0 Å². The van der Waals surface area contributed by atoms with Crippen molar-refractivity contribution in [1.29, 1.82) is 0 Å². The molecule has 3 rings (SSSR count). The van der Waals surface area contributed by atoms with E-state index in [0.29, 0.717) is 34.5 Å². The molecule has 1 unspecified atom stereocenters. The Labute approximate surface area is 161 Å². The number of hydrogen-bond acceptors (Lipinski definition) is 5. The summed E-state index contributed by atoms with van der Waals surface area (Å²) < 4.78 is 0. The number of amides is 5. The Morgan fingerprint density at radius 3 is 2.54 bits per heavy atom. The number of carbonyl (C=O) groups excluding carboxylic acids is 4. The standard InChI is InChI=1S/C16H17ClN4O4.ClH/c1-19-14(23)15(24)21(16(19)25)9-13(22)20-7-6-18-8-12(20)10-4-2-3-5-11(10)17;/h2-5,12,18H,6-9H2,1H3;1H. The van der Waals surface area contributed by atoms with Gasteiger partial charge in [0.15, 0.2) is 0 Å². The van der Waals surface area contributed by atoms with E-state index in [4.69, 9.17) is 11.6 Å². The van der Waals surface area contributed by atoms with E-state index in [1.807, 2.05) is 12.1 Å². The predicted octanol–water partition coefficient (Wildman–Crippen LogP) is 0.655. The third kappa shape index (κ3) is 3.53. The number of urea groups is 1. The molecule has 0 aliphatic carbocycles. The summed E-state index contributed by atoms with van der Waals surface area (Å²) in [5.41, 5.74) is 0.789. The molecule has 5 amide bonds. The predicted molar refractivity (Wildman–Crippen MR) is 95.9 cm³/mol. The highest BCUT2D eigenvalue weighted by Gasteiger charge is 2.44. The van der Waals surface area contributed by atoms with Gasteiger partial charge in [0.2, 0.25) is 5.91 Å². The highest BCUT2D eigenvalue weighted by atomic mass is 35.5. The van der Waals surface area contributed by atoms with Gasteiger partial charge in [0.1, 0.15) is 6.54 Å². The van der Waals surface area contributed by atoms with Gasteiger partial charge in [0.25, 0.3) is 0 Å². The van der Waals surface area contributed by atoms with Gasteiger partial charge in [0, 0.05) is 31.7 Å². The van der Waals surface area contributed by atoms with Crippen molar-refractivity contribution in [2.75, 3.05) is 33.2 Å². The largest absolute Gasteiger partial charge is 0.334 e. The SMILES string of the molecule is CN1C(=O)C(=O)N(CC(=O)N2CCNCC2c2ccccc2Cl)C1=O.Cl. The zero-order valence-electron chi connectivity index (χ0n) is 14.0. The van der Waals surface area contributed by atoms with Crippen molar-refractivity contribution in [2.45, 2.75) is 6.04 Å². The van der Waals surface area contributed by atoms with Gasteiger partial charge < -0.3 is 10.2 Å². The van der Waals surface area contributed by atoms with E-state index in [2.05, 4.69) is 5.32 Å². The maximum Gasteiger partial charge on any atom is 0.334 e. The Balaban J connectivity index is 0.00000243. The maximum atomic E-state index is 12.7. The van der Waals surface area contributed by atoms with Crippen LogP contribution in [-0.4, -0.2) is 71.7 Å². The van der Waals surface area contributed by atoms with E-state index in [1.165, 1.54) is 7.05 Å². The van der Waals surface area contributed by atoms with Gasteiger partial charge in [-0.2, -0.15) is 0 Å². The summed E-state index contributed by atoms with van der Waals surface area (Å²) in [6.07, 6.45) is 0. The molecule has 0 aromatic heterocycles. The lowest BCUT2D eigenvalue weighted by Gasteiger charge is -2.37. The summed E-state index contributed by atoms with van der Waals surface area (Å²) in [4.78, 5) is 51.1. The Bertz CT molecular complexity index is 758. The fourth-order valence-electron chi connectivity index (χ4n) is 3.01. The van der Waals surface area contributed by atoms with Crippen molar-refractivity contribution in [3.8, 4) is 0 Å². The zero-order valence-corrected chi connectivity index (χ0v) is 15.5.